The molecular formula is C11H15NO5S. The summed E-state index contributed by atoms with van der Waals surface area (Å²) in [5.74, 6) is -1.27. The number of carboxylic acid groups (broad SMARTS) is 1. The molecule has 0 spiro atoms. The van der Waals surface area contributed by atoms with E-state index in [4.69, 9.17) is 14.9 Å². The third-order valence-electron chi connectivity index (χ3n) is 2.18. The van der Waals surface area contributed by atoms with E-state index in [9.17, 15) is 9.59 Å². The number of aromatic carboxylic acids is 1. The molecular weight excluding hydrogens is 258 g/mol. The van der Waals surface area contributed by atoms with E-state index in [2.05, 4.69) is 0 Å². The Morgan fingerprint density at radius 3 is 2.56 bits per heavy atom. The Hall–Kier alpha value is -1.44. The van der Waals surface area contributed by atoms with Gasteiger partial charge in [0, 0.05) is 13.6 Å². The van der Waals surface area contributed by atoms with E-state index in [0.717, 1.165) is 11.3 Å². The molecule has 1 aromatic heterocycles. The van der Waals surface area contributed by atoms with Gasteiger partial charge in [0.2, 0.25) is 0 Å². The number of nitrogens with zero attached hydrogens (tertiary/aromatic N) is 1. The monoisotopic (exact) mass is 273 g/mol. The number of carboxylic acids is 1. The van der Waals surface area contributed by atoms with Gasteiger partial charge in [0.25, 0.3) is 5.91 Å². The first-order valence-corrected chi connectivity index (χ1v) is 6.15. The maximum Gasteiger partial charge on any atom is 0.345 e. The molecule has 6 nitrogen and oxygen atoms in total. The Morgan fingerprint density at radius 1 is 1.33 bits per heavy atom. The number of hydrogen-bond donors (Lipinski definition) is 2. The summed E-state index contributed by atoms with van der Waals surface area (Å²) in [4.78, 5) is 24.6. The van der Waals surface area contributed by atoms with Crippen molar-refractivity contribution in [1.29, 1.82) is 0 Å². The number of carbonyl (C=O) groups excluding carboxylic acids is 1. The highest BCUT2D eigenvalue weighted by molar-refractivity contribution is 7.15. The van der Waals surface area contributed by atoms with Crippen LogP contribution in [0.25, 0.3) is 0 Å². The van der Waals surface area contributed by atoms with E-state index in [1.165, 1.54) is 17.0 Å². The summed E-state index contributed by atoms with van der Waals surface area (Å²) in [6.07, 6.45) is 0. The van der Waals surface area contributed by atoms with Crippen molar-refractivity contribution in [2.45, 2.75) is 0 Å². The highest BCUT2D eigenvalue weighted by atomic mass is 32.1. The molecule has 0 radical (unpaired) electrons. The smallest absolute Gasteiger partial charge is 0.345 e. The second kappa shape index (κ2) is 7.10. The van der Waals surface area contributed by atoms with Gasteiger partial charge in [-0.25, -0.2) is 4.79 Å². The first-order chi connectivity index (χ1) is 8.56. The standard InChI is InChI=1S/C11H15NO5S/c1-12(4-6-17-7-5-13)10(14)8-2-3-9(18-8)11(15)16/h2-3,13H,4-7H2,1H3,(H,15,16). The van der Waals surface area contributed by atoms with Gasteiger partial charge in [-0.15, -0.1) is 11.3 Å². The number of aliphatic hydroxyl groups excluding tert-OH is 1. The lowest BCUT2D eigenvalue weighted by Crippen LogP contribution is -2.29. The molecule has 0 saturated heterocycles. The van der Waals surface area contributed by atoms with Gasteiger partial charge in [-0.2, -0.15) is 0 Å². The number of hydrogen-bond acceptors (Lipinski definition) is 5. The summed E-state index contributed by atoms with van der Waals surface area (Å²) in [6, 6.07) is 2.91. The highest BCUT2D eigenvalue weighted by Gasteiger charge is 2.16. The summed E-state index contributed by atoms with van der Waals surface area (Å²) in [6.45, 7) is 0.911. The first kappa shape index (κ1) is 14.6. The molecule has 0 aromatic carbocycles. The van der Waals surface area contributed by atoms with Gasteiger partial charge < -0.3 is 19.8 Å². The van der Waals surface area contributed by atoms with Gasteiger partial charge in [-0.3, -0.25) is 4.79 Å². The van der Waals surface area contributed by atoms with E-state index >= 15 is 0 Å². The number of likely N-dealkylation sites (N-methyl/N-ethyl adjacent to an activating group) is 1. The van der Waals surface area contributed by atoms with Gasteiger partial charge in [0.1, 0.15) is 4.88 Å². The second-order valence-corrected chi connectivity index (χ2v) is 4.62. The molecule has 0 unspecified atom stereocenters. The van der Waals surface area contributed by atoms with Crippen LogP contribution in [0.1, 0.15) is 19.3 Å². The van der Waals surface area contributed by atoms with Gasteiger partial charge in [-0.05, 0) is 12.1 Å². The minimum Gasteiger partial charge on any atom is -0.477 e. The molecule has 0 aliphatic heterocycles. The third kappa shape index (κ3) is 4.10. The summed E-state index contributed by atoms with van der Waals surface area (Å²) in [5.41, 5.74) is 0. The normalized spacial score (nSPS) is 10.3. The summed E-state index contributed by atoms with van der Waals surface area (Å²) in [7, 11) is 1.62. The van der Waals surface area contributed by atoms with Crippen molar-refractivity contribution in [3.63, 3.8) is 0 Å². The van der Waals surface area contributed by atoms with E-state index in [1.54, 1.807) is 7.05 Å². The minimum atomic E-state index is -1.03. The van der Waals surface area contributed by atoms with Crippen LogP contribution in [0.5, 0.6) is 0 Å². The van der Waals surface area contributed by atoms with Crippen LogP contribution in [0.3, 0.4) is 0 Å². The molecule has 0 saturated carbocycles. The Balaban J connectivity index is 2.49. The van der Waals surface area contributed by atoms with Crippen LogP contribution in [0, 0.1) is 0 Å². The first-order valence-electron chi connectivity index (χ1n) is 5.33. The molecule has 7 heteroatoms. The van der Waals surface area contributed by atoms with Crippen LogP contribution in [-0.2, 0) is 4.74 Å². The van der Waals surface area contributed by atoms with Gasteiger partial charge in [0.15, 0.2) is 0 Å². The van der Waals surface area contributed by atoms with Crippen molar-refractivity contribution in [3.05, 3.63) is 21.9 Å². The third-order valence-corrected chi connectivity index (χ3v) is 3.24. The Labute approximate surface area is 108 Å². The lowest BCUT2D eigenvalue weighted by atomic mass is 10.4. The maximum absolute atomic E-state index is 11.9. The Bertz CT molecular complexity index is 417. The van der Waals surface area contributed by atoms with Crippen molar-refractivity contribution < 1.29 is 24.5 Å². The number of rotatable bonds is 7. The second-order valence-electron chi connectivity index (χ2n) is 3.53. The molecule has 1 amide bonds. The molecule has 0 aliphatic carbocycles. The number of thiophene rings is 1. The molecule has 1 rings (SSSR count). The summed E-state index contributed by atoms with van der Waals surface area (Å²) < 4.78 is 5.05. The number of aliphatic hydroxyl groups is 1. The molecule has 2 N–H and O–H groups in total. The zero-order valence-electron chi connectivity index (χ0n) is 9.96. The number of amides is 1. The quantitative estimate of drug-likeness (QED) is 0.707. The van der Waals surface area contributed by atoms with Gasteiger partial charge in [-0.1, -0.05) is 0 Å². The van der Waals surface area contributed by atoms with Crippen molar-refractivity contribution >= 4 is 23.2 Å². The van der Waals surface area contributed by atoms with Gasteiger partial charge >= 0.3 is 5.97 Å². The lowest BCUT2D eigenvalue weighted by molar-refractivity contribution is 0.0621. The topological polar surface area (TPSA) is 87.1 Å². The molecule has 100 valence electrons. The summed E-state index contributed by atoms with van der Waals surface area (Å²) in [5, 5.41) is 17.3. The minimum absolute atomic E-state index is 0.0510. The van der Waals surface area contributed by atoms with Gasteiger partial charge in [0.05, 0.1) is 24.7 Å². The fourth-order valence-corrected chi connectivity index (χ4v) is 2.07. The average Bonchev–Trinajstić information content (AvgIpc) is 2.83. The SMILES string of the molecule is CN(CCOCCO)C(=O)c1ccc(C(=O)O)s1. The van der Waals surface area contributed by atoms with Crippen LogP contribution in [-0.4, -0.2) is 60.4 Å². The van der Waals surface area contributed by atoms with Crippen LogP contribution in [0.15, 0.2) is 12.1 Å². The van der Waals surface area contributed by atoms with Crippen LogP contribution >= 0.6 is 11.3 Å². The summed E-state index contributed by atoms with van der Waals surface area (Å²) >= 11 is 0.950. The molecule has 0 atom stereocenters. The van der Waals surface area contributed by atoms with Crippen LogP contribution in [0.4, 0.5) is 0 Å². The van der Waals surface area contributed by atoms with E-state index < -0.39 is 5.97 Å². The van der Waals surface area contributed by atoms with E-state index in [1.807, 2.05) is 0 Å². The zero-order valence-corrected chi connectivity index (χ0v) is 10.8. The molecule has 1 heterocycles. The Kier molecular flexibility index (Phi) is 5.76. The van der Waals surface area contributed by atoms with Crippen molar-refractivity contribution in [2.24, 2.45) is 0 Å². The van der Waals surface area contributed by atoms with E-state index in [-0.39, 0.29) is 24.0 Å². The molecule has 0 aliphatic rings. The number of ether oxygens (including phenoxy) is 1. The van der Waals surface area contributed by atoms with Crippen molar-refractivity contribution in [3.8, 4) is 0 Å². The highest BCUT2D eigenvalue weighted by Crippen LogP contribution is 2.17. The van der Waals surface area contributed by atoms with Crippen molar-refractivity contribution in [1.82, 2.24) is 4.90 Å². The average molecular weight is 273 g/mol. The maximum atomic E-state index is 11.9. The molecule has 0 bridgehead atoms. The largest absolute Gasteiger partial charge is 0.477 e. The van der Waals surface area contributed by atoms with Crippen LogP contribution in [0.2, 0.25) is 0 Å². The Morgan fingerprint density at radius 2 is 2.00 bits per heavy atom. The fourth-order valence-electron chi connectivity index (χ4n) is 1.23. The molecule has 0 fully saturated rings. The number of carbonyl (C=O) groups is 2. The molecule has 18 heavy (non-hydrogen) atoms. The zero-order chi connectivity index (χ0) is 13.5. The van der Waals surface area contributed by atoms with Crippen LogP contribution < -0.4 is 0 Å². The predicted molar refractivity (Wildman–Crippen MR) is 66.1 cm³/mol. The molecule has 1 aromatic rings. The fraction of sp³-hybridized carbons (Fsp3) is 0.455. The lowest BCUT2D eigenvalue weighted by Gasteiger charge is -2.15. The van der Waals surface area contributed by atoms with E-state index in [0.29, 0.717) is 18.0 Å². The predicted octanol–water partition coefficient (Wildman–Crippen LogP) is 0.527. The van der Waals surface area contributed by atoms with Crippen molar-refractivity contribution in [2.75, 3.05) is 33.4 Å².